The Labute approximate surface area is 514 Å². The van der Waals surface area contributed by atoms with Gasteiger partial charge < -0.3 is 20.3 Å². The maximum Gasteiger partial charge on any atom is 0.305 e. The highest BCUT2D eigenvalue weighted by Crippen LogP contribution is 2.20. The zero-order valence-corrected chi connectivity index (χ0v) is 56.0. The normalized spacial score (nSPS) is 12.5. The Morgan fingerprint density at radius 2 is 0.573 bits per heavy atom. The number of rotatable bonds is 72. The Kier molecular flexibility index (Phi) is 70.8. The van der Waals surface area contributed by atoms with Crippen molar-refractivity contribution in [2.75, 3.05) is 13.2 Å². The van der Waals surface area contributed by atoms with Crippen molar-refractivity contribution >= 4 is 11.9 Å². The lowest BCUT2D eigenvalue weighted by molar-refractivity contribution is -0.143. The summed E-state index contributed by atoms with van der Waals surface area (Å²) in [6.45, 7) is 5.01. The topological polar surface area (TPSA) is 95.9 Å². The van der Waals surface area contributed by atoms with Gasteiger partial charge in [0.15, 0.2) is 0 Å². The van der Waals surface area contributed by atoms with Crippen LogP contribution >= 0.6 is 0 Å². The standard InChI is InChI=1S/C76H149NO5/c1-3-5-7-9-11-13-15-17-19-21-23-24-30-33-36-40-44-48-52-56-60-64-68-74(79)73(72-78)77-75(80)69-65-61-57-53-49-45-41-37-34-31-28-26-25-27-29-32-35-39-43-47-51-55-59-63-67-71-82-76(81)70-66-62-58-54-50-46-42-38-22-20-18-16-14-12-10-8-6-4-2/h26,28,73-74,78-79H,3-25,27,29-72H2,1-2H3,(H,77,80)/b28-26-. The van der Waals surface area contributed by atoms with Gasteiger partial charge in [0.05, 0.1) is 25.4 Å². The van der Waals surface area contributed by atoms with E-state index in [0.29, 0.717) is 25.9 Å². The van der Waals surface area contributed by atoms with Gasteiger partial charge in [-0.05, 0) is 51.4 Å². The predicted octanol–water partition coefficient (Wildman–Crippen LogP) is 24.7. The molecular weight excluding hydrogens is 1010 g/mol. The summed E-state index contributed by atoms with van der Waals surface area (Å²) in [6.07, 6.45) is 89.9. The average molecular weight is 1160 g/mol. The van der Waals surface area contributed by atoms with E-state index in [1.54, 1.807) is 0 Å². The molecule has 0 aliphatic carbocycles. The summed E-state index contributed by atoms with van der Waals surface area (Å²) < 4.78 is 5.51. The molecule has 488 valence electrons. The van der Waals surface area contributed by atoms with Crippen LogP contribution in [0, 0.1) is 0 Å². The highest BCUT2D eigenvalue weighted by atomic mass is 16.5. The number of amides is 1. The Morgan fingerprint density at radius 1 is 0.329 bits per heavy atom. The number of aliphatic hydroxyl groups is 2. The first-order valence-electron chi connectivity index (χ1n) is 37.9. The minimum Gasteiger partial charge on any atom is -0.466 e. The number of esters is 1. The van der Waals surface area contributed by atoms with Gasteiger partial charge in [-0.2, -0.15) is 0 Å². The van der Waals surface area contributed by atoms with E-state index < -0.39 is 12.1 Å². The van der Waals surface area contributed by atoms with Crippen molar-refractivity contribution in [1.82, 2.24) is 5.32 Å². The number of unbranched alkanes of at least 4 members (excludes halogenated alkanes) is 59. The summed E-state index contributed by atoms with van der Waals surface area (Å²) in [7, 11) is 0. The van der Waals surface area contributed by atoms with Gasteiger partial charge in [0.25, 0.3) is 0 Å². The van der Waals surface area contributed by atoms with Crippen molar-refractivity contribution < 1.29 is 24.5 Å². The molecule has 0 rings (SSSR count). The molecule has 0 aliphatic rings. The number of nitrogens with one attached hydrogen (secondary N) is 1. The molecule has 0 fully saturated rings. The monoisotopic (exact) mass is 1160 g/mol. The summed E-state index contributed by atoms with van der Waals surface area (Å²) in [4.78, 5) is 24.7. The van der Waals surface area contributed by atoms with Crippen LogP contribution in [0.2, 0.25) is 0 Å². The third-order valence-corrected chi connectivity index (χ3v) is 18.1. The highest BCUT2D eigenvalue weighted by Gasteiger charge is 2.20. The number of allylic oxidation sites excluding steroid dienone is 2. The van der Waals surface area contributed by atoms with Crippen LogP contribution in [0.5, 0.6) is 0 Å². The zero-order chi connectivity index (χ0) is 59.2. The Bertz CT molecular complexity index is 1240. The van der Waals surface area contributed by atoms with Crippen LogP contribution in [0.3, 0.4) is 0 Å². The fraction of sp³-hybridized carbons (Fsp3) is 0.947. The van der Waals surface area contributed by atoms with E-state index in [0.717, 1.165) is 38.5 Å². The molecule has 0 aromatic heterocycles. The molecule has 0 bridgehead atoms. The molecule has 3 N–H and O–H groups in total. The van der Waals surface area contributed by atoms with Gasteiger partial charge in [-0.3, -0.25) is 9.59 Å². The van der Waals surface area contributed by atoms with E-state index in [4.69, 9.17) is 4.74 Å². The van der Waals surface area contributed by atoms with Gasteiger partial charge in [-0.25, -0.2) is 0 Å². The maximum atomic E-state index is 12.6. The molecule has 0 saturated carbocycles. The van der Waals surface area contributed by atoms with Crippen LogP contribution in [-0.4, -0.2) is 47.4 Å². The van der Waals surface area contributed by atoms with Gasteiger partial charge in [0.1, 0.15) is 0 Å². The summed E-state index contributed by atoms with van der Waals surface area (Å²) in [5.74, 6) is -0.0133. The Morgan fingerprint density at radius 3 is 0.866 bits per heavy atom. The van der Waals surface area contributed by atoms with E-state index in [1.807, 2.05) is 0 Å². The van der Waals surface area contributed by atoms with Gasteiger partial charge in [0, 0.05) is 12.8 Å². The lowest BCUT2D eigenvalue weighted by Gasteiger charge is -2.22. The lowest BCUT2D eigenvalue weighted by Crippen LogP contribution is -2.45. The number of ether oxygens (including phenoxy) is 1. The first-order valence-corrected chi connectivity index (χ1v) is 37.9. The summed E-state index contributed by atoms with van der Waals surface area (Å²) in [6, 6.07) is -0.544. The SMILES string of the molecule is CCCCCCCCCCCCCCCCCCCCCCCCC(O)C(CO)NC(=O)CCCCCCCCCCC/C=C\CCCCCCCCCCCCCCOC(=O)CCCCCCCCCCCCCCCCCCCC. The number of carbonyl (C=O) groups excluding carboxylic acids is 2. The second-order valence-corrected chi connectivity index (χ2v) is 26.3. The molecule has 0 aromatic rings. The minimum absolute atomic E-state index is 0.0193. The fourth-order valence-electron chi connectivity index (χ4n) is 12.3. The van der Waals surface area contributed by atoms with Gasteiger partial charge in [-0.1, -0.05) is 386 Å². The number of hydrogen-bond donors (Lipinski definition) is 3. The minimum atomic E-state index is -0.667. The van der Waals surface area contributed by atoms with Crippen molar-refractivity contribution in [3.63, 3.8) is 0 Å². The summed E-state index contributed by atoms with van der Waals surface area (Å²) >= 11 is 0. The largest absolute Gasteiger partial charge is 0.466 e. The molecule has 1 amide bonds. The van der Waals surface area contributed by atoms with E-state index in [9.17, 15) is 19.8 Å². The van der Waals surface area contributed by atoms with Crippen molar-refractivity contribution in [3.8, 4) is 0 Å². The predicted molar refractivity (Wildman–Crippen MR) is 361 cm³/mol. The molecule has 0 aliphatic heterocycles. The second kappa shape index (κ2) is 72.1. The van der Waals surface area contributed by atoms with Crippen LogP contribution < -0.4 is 5.32 Å². The number of hydrogen-bond acceptors (Lipinski definition) is 5. The molecule has 0 aromatic carbocycles. The number of aliphatic hydroxyl groups excluding tert-OH is 2. The molecule has 0 heterocycles. The zero-order valence-electron chi connectivity index (χ0n) is 56.0. The van der Waals surface area contributed by atoms with Crippen molar-refractivity contribution in [2.45, 2.75) is 450 Å². The first-order chi connectivity index (χ1) is 40.5. The van der Waals surface area contributed by atoms with Crippen molar-refractivity contribution in [2.24, 2.45) is 0 Å². The average Bonchev–Trinajstić information content (AvgIpc) is 3.48. The molecule has 0 radical (unpaired) electrons. The van der Waals surface area contributed by atoms with Crippen LogP contribution in [0.4, 0.5) is 0 Å². The fourth-order valence-corrected chi connectivity index (χ4v) is 12.3. The van der Waals surface area contributed by atoms with E-state index in [-0.39, 0.29) is 18.5 Å². The van der Waals surface area contributed by atoms with E-state index >= 15 is 0 Å². The van der Waals surface area contributed by atoms with Crippen molar-refractivity contribution in [3.05, 3.63) is 12.2 Å². The van der Waals surface area contributed by atoms with Crippen molar-refractivity contribution in [1.29, 1.82) is 0 Å². The second-order valence-electron chi connectivity index (χ2n) is 26.3. The number of carbonyl (C=O) groups is 2. The first kappa shape index (κ1) is 80.6. The molecule has 2 atom stereocenters. The molecule has 82 heavy (non-hydrogen) atoms. The van der Waals surface area contributed by atoms with Crippen LogP contribution in [0.15, 0.2) is 12.2 Å². The molecule has 0 saturated heterocycles. The Hall–Kier alpha value is -1.40. The quantitative estimate of drug-likeness (QED) is 0.0320. The van der Waals surface area contributed by atoms with Gasteiger partial charge >= 0.3 is 5.97 Å². The van der Waals surface area contributed by atoms with E-state index in [2.05, 4.69) is 31.3 Å². The Balaban J connectivity index is 3.37. The molecule has 0 spiro atoms. The summed E-state index contributed by atoms with van der Waals surface area (Å²) in [5, 5.41) is 23.4. The van der Waals surface area contributed by atoms with E-state index in [1.165, 1.54) is 366 Å². The van der Waals surface area contributed by atoms with Crippen LogP contribution in [-0.2, 0) is 14.3 Å². The highest BCUT2D eigenvalue weighted by molar-refractivity contribution is 5.76. The molecule has 6 heteroatoms. The third kappa shape index (κ3) is 67.7. The molecular formula is C76H149NO5. The maximum absolute atomic E-state index is 12.6. The smallest absolute Gasteiger partial charge is 0.305 e. The molecule has 6 nitrogen and oxygen atoms in total. The molecule has 2 unspecified atom stereocenters. The van der Waals surface area contributed by atoms with Crippen LogP contribution in [0.1, 0.15) is 438 Å². The third-order valence-electron chi connectivity index (χ3n) is 18.1. The van der Waals surface area contributed by atoms with Gasteiger partial charge in [0.2, 0.25) is 5.91 Å². The lowest BCUT2D eigenvalue weighted by atomic mass is 10.0. The van der Waals surface area contributed by atoms with Crippen LogP contribution in [0.25, 0.3) is 0 Å². The summed E-state index contributed by atoms with van der Waals surface area (Å²) in [5.41, 5.74) is 0. The van der Waals surface area contributed by atoms with Gasteiger partial charge in [-0.15, -0.1) is 0 Å².